The number of aryl methyl sites for hydroxylation is 1. The molecule has 2 heterocycles. The van der Waals surface area contributed by atoms with E-state index in [1.165, 1.54) is 0 Å². The molecule has 21 heavy (non-hydrogen) atoms. The van der Waals surface area contributed by atoms with E-state index in [9.17, 15) is 4.79 Å². The van der Waals surface area contributed by atoms with Crippen LogP contribution < -0.4 is 5.73 Å². The van der Waals surface area contributed by atoms with Crippen LogP contribution in [0.15, 0.2) is 36.8 Å². The summed E-state index contributed by atoms with van der Waals surface area (Å²) >= 11 is 0. The topological polar surface area (TPSA) is 64.2 Å². The summed E-state index contributed by atoms with van der Waals surface area (Å²) in [5.74, 6) is 0.0628. The molecule has 0 atom stereocenters. The van der Waals surface area contributed by atoms with E-state index in [0.29, 0.717) is 24.0 Å². The van der Waals surface area contributed by atoms with Gasteiger partial charge in [-0.1, -0.05) is 0 Å². The van der Waals surface area contributed by atoms with Crippen molar-refractivity contribution in [3.63, 3.8) is 0 Å². The molecule has 2 aromatic rings. The Hall–Kier alpha value is -2.30. The second-order valence-corrected chi connectivity index (χ2v) is 5.46. The van der Waals surface area contributed by atoms with Crippen LogP contribution in [0.25, 0.3) is 0 Å². The summed E-state index contributed by atoms with van der Waals surface area (Å²) in [5, 5.41) is 0. The lowest BCUT2D eigenvalue weighted by molar-refractivity contribution is 0.0719. The first-order chi connectivity index (χ1) is 10.2. The molecule has 1 aliphatic carbocycles. The Morgan fingerprint density at radius 2 is 2.14 bits per heavy atom. The van der Waals surface area contributed by atoms with Gasteiger partial charge in [-0.25, -0.2) is 0 Å². The standard InChI is InChI=1S/C16H20N4O/c1-2-19-11-13(17)9-15(19)16(21)20(14-3-4-14)10-12-5-7-18-8-6-12/h5-9,11,14H,2-4,10,17H2,1H3. The van der Waals surface area contributed by atoms with Gasteiger partial charge in [0.2, 0.25) is 0 Å². The Bertz CT molecular complexity index is 631. The van der Waals surface area contributed by atoms with Crippen LogP contribution in [-0.4, -0.2) is 26.4 Å². The Labute approximate surface area is 124 Å². The summed E-state index contributed by atoms with van der Waals surface area (Å²) < 4.78 is 1.92. The van der Waals surface area contributed by atoms with Gasteiger partial charge in [0.15, 0.2) is 0 Å². The lowest BCUT2D eigenvalue weighted by Crippen LogP contribution is -2.34. The maximum Gasteiger partial charge on any atom is 0.271 e. The fraction of sp³-hybridized carbons (Fsp3) is 0.375. The molecule has 3 rings (SSSR count). The third-order valence-electron chi connectivity index (χ3n) is 3.83. The Morgan fingerprint density at radius 1 is 1.43 bits per heavy atom. The number of amides is 1. The fourth-order valence-electron chi connectivity index (χ4n) is 2.56. The molecule has 0 aromatic carbocycles. The molecule has 1 aliphatic rings. The SMILES string of the molecule is CCn1cc(N)cc1C(=O)N(Cc1ccncc1)C1CC1. The number of anilines is 1. The second kappa shape index (κ2) is 5.60. The summed E-state index contributed by atoms with van der Waals surface area (Å²) in [7, 11) is 0. The van der Waals surface area contributed by atoms with Gasteiger partial charge < -0.3 is 15.2 Å². The lowest BCUT2D eigenvalue weighted by atomic mass is 10.2. The van der Waals surface area contributed by atoms with Crippen molar-refractivity contribution in [2.24, 2.45) is 0 Å². The molecular weight excluding hydrogens is 264 g/mol. The van der Waals surface area contributed by atoms with Gasteiger partial charge in [-0.2, -0.15) is 0 Å². The molecule has 0 spiro atoms. The third-order valence-corrected chi connectivity index (χ3v) is 3.83. The maximum absolute atomic E-state index is 12.9. The van der Waals surface area contributed by atoms with E-state index in [1.807, 2.05) is 34.7 Å². The van der Waals surface area contributed by atoms with Crippen LogP contribution in [0.3, 0.4) is 0 Å². The number of aromatic nitrogens is 2. The summed E-state index contributed by atoms with van der Waals surface area (Å²) in [6.07, 6.45) is 7.51. The number of carbonyl (C=O) groups excluding carboxylic acids is 1. The van der Waals surface area contributed by atoms with E-state index in [0.717, 1.165) is 24.9 Å². The first-order valence-corrected chi connectivity index (χ1v) is 7.34. The van der Waals surface area contributed by atoms with Crippen molar-refractivity contribution in [2.45, 2.75) is 38.9 Å². The minimum absolute atomic E-state index is 0.0628. The number of hydrogen-bond acceptors (Lipinski definition) is 3. The quantitative estimate of drug-likeness (QED) is 0.916. The molecular formula is C16H20N4O. The predicted octanol–water partition coefficient (Wildman–Crippen LogP) is 2.29. The van der Waals surface area contributed by atoms with Crippen molar-refractivity contribution < 1.29 is 4.79 Å². The highest BCUT2D eigenvalue weighted by atomic mass is 16.2. The third kappa shape index (κ3) is 2.91. The van der Waals surface area contributed by atoms with E-state index < -0.39 is 0 Å². The normalized spacial score (nSPS) is 14.1. The van der Waals surface area contributed by atoms with Gasteiger partial charge in [0.1, 0.15) is 5.69 Å². The van der Waals surface area contributed by atoms with Crippen LogP contribution in [0.1, 0.15) is 35.8 Å². The predicted molar refractivity (Wildman–Crippen MR) is 81.7 cm³/mol. The van der Waals surface area contributed by atoms with Crippen molar-refractivity contribution in [2.75, 3.05) is 5.73 Å². The van der Waals surface area contributed by atoms with E-state index in [4.69, 9.17) is 5.73 Å². The molecule has 1 saturated carbocycles. The number of carbonyl (C=O) groups is 1. The van der Waals surface area contributed by atoms with E-state index in [-0.39, 0.29) is 5.91 Å². The molecule has 0 unspecified atom stereocenters. The smallest absolute Gasteiger partial charge is 0.271 e. The minimum atomic E-state index is 0.0628. The number of nitrogen functional groups attached to an aromatic ring is 1. The molecule has 0 aliphatic heterocycles. The molecule has 5 heteroatoms. The molecule has 0 radical (unpaired) electrons. The summed E-state index contributed by atoms with van der Waals surface area (Å²) in [6, 6.07) is 6.03. The summed E-state index contributed by atoms with van der Waals surface area (Å²) in [6.45, 7) is 3.38. The van der Waals surface area contributed by atoms with Gasteiger partial charge in [-0.05, 0) is 43.5 Å². The zero-order valence-electron chi connectivity index (χ0n) is 12.2. The molecule has 0 saturated heterocycles. The fourth-order valence-corrected chi connectivity index (χ4v) is 2.56. The molecule has 0 bridgehead atoms. The van der Waals surface area contributed by atoms with Crippen molar-refractivity contribution in [1.29, 1.82) is 0 Å². The number of hydrogen-bond donors (Lipinski definition) is 1. The van der Waals surface area contributed by atoms with Crippen molar-refractivity contribution in [3.05, 3.63) is 48.0 Å². The lowest BCUT2D eigenvalue weighted by Gasteiger charge is -2.23. The van der Waals surface area contributed by atoms with Crippen molar-refractivity contribution >= 4 is 11.6 Å². The van der Waals surface area contributed by atoms with Gasteiger partial charge in [-0.15, -0.1) is 0 Å². The molecule has 110 valence electrons. The highest BCUT2D eigenvalue weighted by Gasteiger charge is 2.34. The van der Waals surface area contributed by atoms with Crippen LogP contribution in [0.5, 0.6) is 0 Å². The van der Waals surface area contributed by atoms with Crippen molar-refractivity contribution in [3.8, 4) is 0 Å². The van der Waals surface area contributed by atoms with Crippen molar-refractivity contribution in [1.82, 2.24) is 14.5 Å². The summed E-state index contributed by atoms with van der Waals surface area (Å²) in [4.78, 5) is 18.8. The Morgan fingerprint density at radius 3 is 2.76 bits per heavy atom. The number of nitrogens with zero attached hydrogens (tertiary/aromatic N) is 3. The molecule has 2 aromatic heterocycles. The second-order valence-electron chi connectivity index (χ2n) is 5.46. The van der Waals surface area contributed by atoms with Crippen LogP contribution in [0, 0.1) is 0 Å². The average molecular weight is 284 g/mol. The van der Waals surface area contributed by atoms with Crippen LogP contribution in [0.4, 0.5) is 5.69 Å². The molecule has 1 fully saturated rings. The summed E-state index contributed by atoms with van der Waals surface area (Å²) in [5.41, 5.74) is 8.26. The molecule has 2 N–H and O–H groups in total. The Kier molecular flexibility index (Phi) is 3.64. The first kappa shape index (κ1) is 13.7. The number of pyridine rings is 1. The first-order valence-electron chi connectivity index (χ1n) is 7.34. The molecule has 1 amide bonds. The average Bonchev–Trinajstić information content (AvgIpc) is 3.27. The highest BCUT2D eigenvalue weighted by Crippen LogP contribution is 2.30. The van der Waals surface area contributed by atoms with E-state index in [1.54, 1.807) is 18.5 Å². The van der Waals surface area contributed by atoms with Gasteiger partial charge in [-0.3, -0.25) is 9.78 Å². The Balaban J connectivity index is 1.85. The maximum atomic E-state index is 12.9. The van der Waals surface area contributed by atoms with Gasteiger partial charge >= 0.3 is 0 Å². The highest BCUT2D eigenvalue weighted by molar-refractivity contribution is 5.94. The van der Waals surface area contributed by atoms with Crippen LogP contribution >= 0.6 is 0 Å². The monoisotopic (exact) mass is 284 g/mol. The number of nitrogens with two attached hydrogens (primary N) is 1. The van der Waals surface area contributed by atoms with Crippen LogP contribution in [0.2, 0.25) is 0 Å². The van der Waals surface area contributed by atoms with Crippen LogP contribution in [-0.2, 0) is 13.1 Å². The van der Waals surface area contributed by atoms with Gasteiger partial charge in [0, 0.05) is 37.7 Å². The van der Waals surface area contributed by atoms with Gasteiger partial charge in [0.25, 0.3) is 5.91 Å². The minimum Gasteiger partial charge on any atom is -0.397 e. The zero-order valence-corrected chi connectivity index (χ0v) is 12.2. The zero-order chi connectivity index (χ0) is 14.8. The molecule has 5 nitrogen and oxygen atoms in total. The van der Waals surface area contributed by atoms with Gasteiger partial charge in [0.05, 0.1) is 5.69 Å². The number of rotatable bonds is 5. The van der Waals surface area contributed by atoms with E-state index >= 15 is 0 Å². The largest absolute Gasteiger partial charge is 0.397 e. The van der Waals surface area contributed by atoms with E-state index in [2.05, 4.69) is 4.98 Å².